The van der Waals surface area contributed by atoms with E-state index in [-0.39, 0.29) is 28.6 Å². The Labute approximate surface area is 286 Å². The van der Waals surface area contributed by atoms with Crippen molar-refractivity contribution in [2.24, 2.45) is 23.7 Å². The van der Waals surface area contributed by atoms with Crippen LogP contribution in [0.1, 0.15) is 80.3 Å². The lowest BCUT2D eigenvalue weighted by Crippen LogP contribution is -2.49. The number of nitrogens with one attached hydrogen (secondary N) is 2. The standard InChI is InChI=1S/C37H50ClN3O5S/c1-23-5-3-6-28(20-45-35-18-39-17-33(35)42)30-11-8-27(30)19-41-21-37(14-4-7-25-15-29(38)10-12-31(25)37)22-46-34-13-9-26(16-32(34)41)36(43)40-47(44)24(23)2/h9-10,12-13,15-16,23-24,27-28,30,33,35,39,42H,3-8,11,14,17-22H2,1-2H3,(H,40,43)/t23?,24?,27?,28-,30?,33?,35?,37-,47?/m0/s1. The van der Waals surface area contributed by atoms with E-state index in [1.165, 1.54) is 17.5 Å². The van der Waals surface area contributed by atoms with Gasteiger partial charge in [0.1, 0.15) is 16.7 Å². The second-order valence-corrected chi connectivity index (χ2v) is 17.0. The van der Waals surface area contributed by atoms with Crippen LogP contribution in [0.15, 0.2) is 36.4 Å². The van der Waals surface area contributed by atoms with Gasteiger partial charge in [-0.2, -0.15) is 0 Å². The number of aliphatic hydroxyl groups is 1. The zero-order valence-corrected chi connectivity index (χ0v) is 29.3. The van der Waals surface area contributed by atoms with Crippen LogP contribution in [0.5, 0.6) is 5.75 Å². The lowest BCUT2D eigenvalue weighted by molar-refractivity contribution is -0.0484. The third kappa shape index (κ3) is 6.85. The quantitative estimate of drug-likeness (QED) is 0.398. The van der Waals surface area contributed by atoms with E-state index in [1.807, 2.05) is 25.1 Å². The number of ether oxygens (including phenoxy) is 2. The molecule has 2 bridgehead atoms. The van der Waals surface area contributed by atoms with Gasteiger partial charge in [0.05, 0.1) is 36.4 Å². The number of amides is 1. The number of hydrogen-bond acceptors (Lipinski definition) is 7. The Balaban J connectivity index is 1.23. The molecule has 3 N–H and O–H groups in total. The Morgan fingerprint density at radius 2 is 1.98 bits per heavy atom. The maximum absolute atomic E-state index is 13.5. The van der Waals surface area contributed by atoms with Crippen molar-refractivity contribution in [1.29, 1.82) is 0 Å². The van der Waals surface area contributed by atoms with Crippen LogP contribution in [0, 0.1) is 23.7 Å². The van der Waals surface area contributed by atoms with Crippen molar-refractivity contribution >= 4 is 34.2 Å². The molecule has 9 atom stereocenters. The first-order valence-corrected chi connectivity index (χ1v) is 19.3. The second kappa shape index (κ2) is 14.0. The number of hydrogen-bond donors (Lipinski definition) is 3. The van der Waals surface area contributed by atoms with E-state index in [0.29, 0.717) is 49.6 Å². The summed E-state index contributed by atoms with van der Waals surface area (Å²) in [5, 5.41) is 14.3. The Bertz CT molecular complexity index is 1490. The number of aryl methyl sites for hydroxylation is 1. The molecule has 10 heteroatoms. The zero-order valence-electron chi connectivity index (χ0n) is 27.7. The highest BCUT2D eigenvalue weighted by Crippen LogP contribution is 2.48. The summed E-state index contributed by atoms with van der Waals surface area (Å²) in [6.45, 7) is 8.28. The molecule has 2 aromatic rings. The van der Waals surface area contributed by atoms with Gasteiger partial charge >= 0.3 is 0 Å². The van der Waals surface area contributed by atoms with Crippen molar-refractivity contribution < 1.29 is 23.6 Å². The van der Waals surface area contributed by atoms with Gasteiger partial charge < -0.3 is 24.8 Å². The van der Waals surface area contributed by atoms with Crippen LogP contribution < -0.4 is 19.7 Å². The van der Waals surface area contributed by atoms with Gasteiger partial charge in [0, 0.05) is 42.2 Å². The molecule has 1 amide bonds. The molecule has 3 aliphatic heterocycles. The molecule has 7 unspecified atom stereocenters. The lowest BCUT2D eigenvalue weighted by Gasteiger charge is -2.47. The molecular weight excluding hydrogens is 634 g/mol. The summed E-state index contributed by atoms with van der Waals surface area (Å²) < 4.78 is 29.3. The summed E-state index contributed by atoms with van der Waals surface area (Å²) in [5.41, 5.74) is 3.88. The summed E-state index contributed by atoms with van der Waals surface area (Å²) in [5.74, 6) is 2.08. The van der Waals surface area contributed by atoms with E-state index in [9.17, 15) is 14.1 Å². The highest BCUT2D eigenvalue weighted by atomic mass is 35.5. The molecule has 1 spiro atoms. The zero-order chi connectivity index (χ0) is 32.7. The molecule has 1 saturated carbocycles. The number of aliphatic hydroxyl groups excluding tert-OH is 1. The van der Waals surface area contributed by atoms with Gasteiger partial charge in [0.25, 0.3) is 5.91 Å². The van der Waals surface area contributed by atoms with Crippen LogP contribution >= 0.6 is 11.6 Å². The van der Waals surface area contributed by atoms with Crippen LogP contribution in [0.4, 0.5) is 5.69 Å². The van der Waals surface area contributed by atoms with Gasteiger partial charge in [-0.3, -0.25) is 9.52 Å². The fourth-order valence-corrected chi connectivity index (χ4v) is 10.1. The van der Waals surface area contributed by atoms with Crippen molar-refractivity contribution in [2.75, 3.05) is 44.3 Å². The van der Waals surface area contributed by atoms with Crippen molar-refractivity contribution in [3.8, 4) is 5.75 Å². The summed E-state index contributed by atoms with van der Waals surface area (Å²) in [6.07, 6.45) is 7.82. The first-order valence-electron chi connectivity index (χ1n) is 17.7. The van der Waals surface area contributed by atoms with Gasteiger partial charge in [-0.25, -0.2) is 4.21 Å². The van der Waals surface area contributed by atoms with Crippen LogP contribution in [-0.4, -0.2) is 72.1 Å². The maximum Gasteiger partial charge on any atom is 0.263 e. The molecule has 256 valence electrons. The number of β-amino-alcohol motifs (C(OH)–C–C–N with tert-alkyl or cyclic N) is 1. The first kappa shape index (κ1) is 33.3. The van der Waals surface area contributed by atoms with E-state index in [4.69, 9.17) is 21.1 Å². The molecule has 47 heavy (non-hydrogen) atoms. The number of carbonyl (C=O) groups excluding carboxylic acids is 1. The second-order valence-electron chi connectivity index (χ2n) is 15.0. The SMILES string of the molecule is CC1CCC[C@@H](COC2CNCC2O)C2CCC2CN2C[C@@]3(CCCc4cc(Cl)ccc43)COc3ccc(cc32)C(=O)NS(=O)C1C. The van der Waals surface area contributed by atoms with E-state index in [1.54, 1.807) is 6.07 Å². The van der Waals surface area contributed by atoms with Gasteiger partial charge in [-0.15, -0.1) is 0 Å². The number of benzene rings is 2. The smallest absolute Gasteiger partial charge is 0.263 e. The minimum atomic E-state index is -1.50. The molecule has 2 aromatic carbocycles. The van der Waals surface area contributed by atoms with Gasteiger partial charge in [0.2, 0.25) is 0 Å². The number of carbonyl (C=O) groups is 1. The number of nitrogens with zero attached hydrogens (tertiary/aromatic N) is 1. The molecule has 2 aliphatic carbocycles. The fraction of sp³-hybridized carbons (Fsp3) is 0.649. The Hall–Kier alpha value is -2.17. The molecule has 0 radical (unpaired) electrons. The molecule has 3 heterocycles. The Morgan fingerprint density at radius 1 is 1.11 bits per heavy atom. The molecule has 2 fully saturated rings. The average molecular weight is 684 g/mol. The molecule has 1 saturated heterocycles. The number of rotatable bonds is 3. The number of anilines is 1. The summed E-state index contributed by atoms with van der Waals surface area (Å²) in [4.78, 5) is 16.0. The topological polar surface area (TPSA) is 100 Å². The van der Waals surface area contributed by atoms with E-state index in [0.717, 1.165) is 74.5 Å². The van der Waals surface area contributed by atoms with Gasteiger partial charge in [0.15, 0.2) is 0 Å². The Morgan fingerprint density at radius 3 is 2.77 bits per heavy atom. The largest absolute Gasteiger partial charge is 0.490 e. The average Bonchev–Trinajstić information content (AvgIpc) is 3.39. The molecule has 5 aliphatic rings. The fourth-order valence-electron chi connectivity index (χ4n) is 8.85. The molecule has 8 nitrogen and oxygen atoms in total. The van der Waals surface area contributed by atoms with Crippen LogP contribution in [-0.2, 0) is 27.6 Å². The van der Waals surface area contributed by atoms with Crippen LogP contribution in [0.25, 0.3) is 0 Å². The minimum absolute atomic E-state index is 0.161. The minimum Gasteiger partial charge on any atom is -0.490 e. The monoisotopic (exact) mass is 683 g/mol. The van der Waals surface area contributed by atoms with Crippen molar-refractivity contribution in [3.63, 3.8) is 0 Å². The van der Waals surface area contributed by atoms with E-state index < -0.39 is 17.1 Å². The normalized spacial score (nSPS) is 36.0. The molecule has 0 aromatic heterocycles. The Kier molecular flexibility index (Phi) is 9.92. The summed E-state index contributed by atoms with van der Waals surface area (Å²) in [6, 6.07) is 12.0. The highest BCUT2D eigenvalue weighted by Gasteiger charge is 2.45. The highest BCUT2D eigenvalue weighted by molar-refractivity contribution is 7.84. The third-order valence-corrected chi connectivity index (χ3v) is 13.8. The first-order chi connectivity index (χ1) is 22.7. The van der Waals surface area contributed by atoms with Crippen LogP contribution in [0.2, 0.25) is 5.02 Å². The molecule has 7 rings (SSSR count). The van der Waals surface area contributed by atoms with E-state index in [2.05, 4.69) is 34.0 Å². The van der Waals surface area contributed by atoms with Gasteiger partial charge in [-0.05, 0) is 117 Å². The van der Waals surface area contributed by atoms with Gasteiger partial charge in [-0.1, -0.05) is 31.0 Å². The van der Waals surface area contributed by atoms with Crippen LogP contribution in [0.3, 0.4) is 0 Å². The number of halogens is 1. The predicted octanol–water partition coefficient (Wildman–Crippen LogP) is 5.41. The third-order valence-electron chi connectivity index (χ3n) is 12.1. The summed E-state index contributed by atoms with van der Waals surface area (Å²) in [7, 11) is -1.50. The summed E-state index contributed by atoms with van der Waals surface area (Å²) >= 11 is 6.47. The van der Waals surface area contributed by atoms with E-state index >= 15 is 0 Å². The van der Waals surface area contributed by atoms with Crippen molar-refractivity contribution in [3.05, 3.63) is 58.1 Å². The lowest BCUT2D eigenvalue weighted by atomic mass is 9.65. The number of fused-ring (bicyclic) bond motifs is 4. The predicted molar refractivity (Wildman–Crippen MR) is 187 cm³/mol. The van der Waals surface area contributed by atoms with Crippen molar-refractivity contribution in [1.82, 2.24) is 10.0 Å². The van der Waals surface area contributed by atoms with Crippen molar-refractivity contribution in [2.45, 2.75) is 88.1 Å². The maximum atomic E-state index is 13.5. The molecular formula is C37H50ClN3O5S.